The van der Waals surface area contributed by atoms with Gasteiger partial charge in [0, 0.05) is 30.9 Å². The molecule has 1 saturated heterocycles. The Balaban J connectivity index is 1.67. The molecular weight excluding hydrogens is 385 g/mol. The summed E-state index contributed by atoms with van der Waals surface area (Å²) >= 11 is 0. The van der Waals surface area contributed by atoms with Crippen molar-refractivity contribution in [1.29, 1.82) is 0 Å². The number of carbonyl (C=O) groups excluding carboxylic acids is 1. The minimum Gasteiger partial charge on any atom is -0.491 e. The van der Waals surface area contributed by atoms with Crippen molar-refractivity contribution in [3.8, 4) is 5.75 Å². The van der Waals surface area contributed by atoms with Crippen molar-refractivity contribution in [2.45, 2.75) is 39.3 Å². The van der Waals surface area contributed by atoms with E-state index in [0.717, 1.165) is 18.3 Å². The molecule has 0 spiro atoms. The SMILES string of the molecule is CC1CC(COc2cccnc2C(F)(F)F)CN(C(=O)c2cc(C(C)C)[nH]n2)C1. The van der Waals surface area contributed by atoms with Crippen molar-refractivity contribution in [2.75, 3.05) is 19.7 Å². The van der Waals surface area contributed by atoms with Crippen molar-refractivity contribution >= 4 is 5.91 Å². The Morgan fingerprint density at radius 2 is 2.14 bits per heavy atom. The van der Waals surface area contributed by atoms with Gasteiger partial charge in [-0.2, -0.15) is 18.3 Å². The molecule has 1 aliphatic heterocycles. The molecule has 0 aromatic carbocycles. The average molecular weight is 410 g/mol. The van der Waals surface area contributed by atoms with Gasteiger partial charge in [0.25, 0.3) is 5.91 Å². The first-order valence-corrected chi connectivity index (χ1v) is 9.64. The maximum Gasteiger partial charge on any atom is 0.437 e. The summed E-state index contributed by atoms with van der Waals surface area (Å²) in [6.45, 7) is 7.11. The molecule has 0 bridgehead atoms. The Morgan fingerprint density at radius 1 is 1.38 bits per heavy atom. The zero-order valence-corrected chi connectivity index (χ0v) is 16.7. The van der Waals surface area contributed by atoms with Crippen LogP contribution in [0.15, 0.2) is 24.4 Å². The van der Waals surface area contributed by atoms with Gasteiger partial charge in [0.15, 0.2) is 5.69 Å². The largest absolute Gasteiger partial charge is 0.491 e. The van der Waals surface area contributed by atoms with Crippen molar-refractivity contribution in [3.63, 3.8) is 0 Å². The molecule has 1 aliphatic rings. The third kappa shape index (κ3) is 5.07. The van der Waals surface area contributed by atoms with Gasteiger partial charge in [-0.3, -0.25) is 9.89 Å². The van der Waals surface area contributed by atoms with Crippen LogP contribution in [0.25, 0.3) is 0 Å². The molecule has 0 aliphatic carbocycles. The molecule has 158 valence electrons. The van der Waals surface area contributed by atoms with Crippen LogP contribution in [0.2, 0.25) is 0 Å². The molecule has 2 aromatic heterocycles. The van der Waals surface area contributed by atoms with E-state index in [1.807, 2.05) is 20.8 Å². The molecule has 1 fully saturated rings. The van der Waals surface area contributed by atoms with E-state index in [2.05, 4.69) is 15.2 Å². The number of hydrogen-bond donors (Lipinski definition) is 1. The van der Waals surface area contributed by atoms with Crippen LogP contribution in [0, 0.1) is 11.8 Å². The Labute approximate surface area is 167 Å². The number of amides is 1. The number of halogens is 3. The number of piperidine rings is 1. The Morgan fingerprint density at radius 3 is 2.79 bits per heavy atom. The normalized spacial score (nSPS) is 20.2. The molecule has 6 nitrogen and oxygen atoms in total. The van der Waals surface area contributed by atoms with Crippen molar-refractivity contribution in [1.82, 2.24) is 20.1 Å². The number of rotatable bonds is 5. The van der Waals surface area contributed by atoms with Crippen LogP contribution in [0.1, 0.15) is 55.0 Å². The zero-order valence-electron chi connectivity index (χ0n) is 16.7. The maximum absolute atomic E-state index is 13.1. The van der Waals surface area contributed by atoms with Gasteiger partial charge in [0.05, 0.1) is 6.61 Å². The fraction of sp³-hybridized carbons (Fsp3) is 0.550. The number of H-pyrrole nitrogens is 1. The molecule has 3 rings (SSSR count). The van der Waals surface area contributed by atoms with Gasteiger partial charge in [-0.15, -0.1) is 0 Å². The molecule has 29 heavy (non-hydrogen) atoms. The van der Waals surface area contributed by atoms with Crippen LogP contribution in [0.3, 0.4) is 0 Å². The van der Waals surface area contributed by atoms with E-state index in [4.69, 9.17) is 4.74 Å². The van der Waals surface area contributed by atoms with E-state index in [0.29, 0.717) is 18.8 Å². The van der Waals surface area contributed by atoms with Crippen LogP contribution in [-0.2, 0) is 6.18 Å². The fourth-order valence-corrected chi connectivity index (χ4v) is 3.60. The van der Waals surface area contributed by atoms with E-state index in [9.17, 15) is 18.0 Å². The lowest BCUT2D eigenvalue weighted by Crippen LogP contribution is -2.45. The number of hydrogen-bond acceptors (Lipinski definition) is 4. The highest BCUT2D eigenvalue weighted by molar-refractivity contribution is 5.92. The van der Waals surface area contributed by atoms with Crippen molar-refractivity contribution in [3.05, 3.63) is 41.5 Å². The van der Waals surface area contributed by atoms with Crippen molar-refractivity contribution in [2.24, 2.45) is 11.8 Å². The number of likely N-dealkylation sites (tertiary alicyclic amines) is 1. The average Bonchev–Trinajstić information content (AvgIpc) is 3.15. The molecule has 1 amide bonds. The van der Waals surface area contributed by atoms with Gasteiger partial charge < -0.3 is 9.64 Å². The highest BCUT2D eigenvalue weighted by Crippen LogP contribution is 2.34. The zero-order chi connectivity index (χ0) is 21.2. The van der Waals surface area contributed by atoms with Crippen LogP contribution < -0.4 is 4.74 Å². The number of ether oxygens (including phenoxy) is 1. The van der Waals surface area contributed by atoms with Gasteiger partial charge in [-0.05, 0) is 36.5 Å². The quantitative estimate of drug-likeness (QED) is 0.805. The van der Waals surface area contributed by atoms with Crippen LogP contribution >= 0.6 is 0 Å². The van der Waals surface area contributed by atoms with Gasteiger partial charge in [0.2, 0.25) is 0 Å². The number of aromatic amines is 1. The Hall–Kier alpha value is -2.58. The predicted octanol–water partition coefficient (Wildman–Crippen LogP) is 4.12. The summed E-state index contributed by atoms with van der Waals surface area (Å²) in [7, 11) is 0. The van der Waals surface area contributed by atoms with E-state index >= 15 is 0 Å². The third-order valence-electron chi connectivity index (χ3n) is 4.99. The van der Waals surface area contributed by atoms with E-state index in [-0.39, 0.29) is 36.0 Å². The molecule has 0 radical (unpaired) electrons. The lowest BCUT2D eigenvalue weighted by Gasteiger charge is -2.36. The number of nitrogens with one attached hydrogen (secondary N) is 1. The smallest absolute Gasteiger partial charge is 0.437 e. The minimum atomic E-state index is -4.58. The number of carbonyl (C=O) groups is 1. The molecule has 2 atom stereocenters. The summed E-state index contributed by atoms with van der Waals surface area (Å²) in [5.74, 6) is -0.104. The number of alkyl halides is 3. The molecule has 0 saturated carbocycles. The summed E-state index contributed by atoms with van der Waals surface area (Å²) < 4.78 is 44.7. The van der Waals surface area contributed by atoms with Gasteiger partial charge in [-0.25, -0.2) is 4.98 Å². The van der Waals surface area contributed by atoms with E-state index < -0.39 is 11.9 Å². The van der Waals surface area contributed by atoms with E-state index in [1.165, 1.54) is 12.1 Å². The first kappa shape index (κ1) is 21.1. The molecule has 2 unspecified atom stereocenters. The summed E-state index contributed by atoms with van der Waals surface area (Å²) in [6, 6.07) is 4.43. The van der Waals surface area contributed by atoms with Gasteiger partial charge in [0.1, 0.15) is 11.4 Å². The summed E-state index contributed by atoms with van der Waals surface area (Å²) in [5, 5.41) is 6.99. The second kappa shape index (κ2) is 8.42. The van der Waals surface area contributed by atoms with Gasteiger partial charge in [-0.1, -0.05) is 20.8 Å². The number of aromatic nitrogens is 3. The second-order valence-corrected chi connectivity index (χ2v) is 7.94. The standard InChI is InChI=1S/C20H25F3N4O2/c1-12(2)15-8-16(26-25-15)19(28)27-9-13(3)7-14(10-27)11-29-17-5-4-6-24-18(17)20(21,22)23/h4-6,8,12-14H,7,9-11H2,1-3H3,(H,25,26). The van der Waals surface area contributed by atoms with E-state index in [1.54, 1.807) is 11.0 Å². The lowest BCUT2D eigenvalue weighted by atomic mass is 9.90. The molecule has 9 heteroatoms. The first-order valence-electron chi connectivity index (χ1n) is 9.64. The topological polar surface area (TPSA) is 71.1 Å². The number of nitrogens with zero attached hydrogens (tertiary/aromatic N) is 3. The molecule has 1 N–H and O–H groups in total. The minimum absolute atomic E-state index is 0.0764. The van der Waals surface area contributed by atoms with Crippen molar-refractivity contribution < 1.29 is 22.7 Å². The lowest BCUT2D eigenvalue weighted by molar-refractivity contribution is -0.142. The van der Waals surface area contributed by atoms with Gasteiger partial charge >= 0.3 is 6.18 Å². The maximum atomic E-state index is 13.1. The molecule has 3 heterocycles. The van der Waals surface area contributed by atoms with Crippen LogP contribution in [-0.4, -0.2) is 45.7 Å². The summed E-state index contributed by atoms with van der Waals surface area (Å²) in [5.41, 5.74) is 0.207. The molecular formula is C20H25F3N4O2. The van der Waals surface area contributed by atoms with Crippen LogP contribution in [0.5, 0.6) is 5.75 Å². The number of pyridine rings is 1. The monoisotopic (exact) mass is 410 g/mol. The Kier molecular flexibility index (Phi) is 6.14. The second-order valence-electron chi connectivity index (χ2n) is 7.94. The highest BCUT2D eigenvalue weighted by Gasteiger charge is 2.37. The molecule has 2 aromatic rings. The Bertz CT molecular complexity index is 850. The first-order chi connectivity index (χ1) is 13.6. The predicted molar refractivity (Wildman–Crippen MR) is 101 cm³/mol. The van der Waals surface area contributed by atoms with Crippen LogP contribution in [0.4, 0.5) is 13.2 Å². The summed E-state index contributed by atoms with van der Waals surface area (Å²) in [6.07, 6.45) is -2.72. The summed E-state index contributed by atoms with van der Waals surface area (Å²) in [4.78, 5) is 17.9. The highest BCUT2D eigenvalue weighted by atomic mass is 19.4. The fourth-order valence-electron chi connectivity index (χ4n) is 3.60. The third-order valence-corrected chi connectivity index (χ3v) is 4.99.